The summed E-state index contributed by atoms with van der Waals surface area (Å²) in [5.74, 6) is 0.715. The number of nitrogens with two attached hydrogens (primary N) is 1. The predicted molar refractivity (Wildman–Crippen MR) is 65.0 cm³/mol. The average Bonchev–Trinajstić information content (AvgIpc) is 2.26. The van der Waals surface area contributed by atoms with E-state index >= 15 is 0 Å². The second kappa shape index (κ2) is 3.91. The smallest absolute Gasteiger partial charge is 0.269 e. The fraction of sp³-hybridized carbons (Fsp3) is 0.583. The number of anilines is 1. The van der Waals surface area contributed by atoms with Gasteiger partial charge >= 0.3 is 0 Å². The highest BCUT2D eigenvalue weighted by Crippen LogP contribution is 2.52. The fourth-order valence-corrected chi connectivity index (χ4v) is 3.10. The van der Waals surface area contributed by atoms with Crippen LogP contribution in [0.4, 0.5) is 5.82 Å². The number of amides is 1. The molecule has 6 heteroatoms. The number of carbonyl (C=O) groups is 1. The second-order valence-electron chi connectivity index (χ2n) is 5.45. The van der Waals surface area contributed by atoms with Crippen molar-refractivity contribution in [3.05, 3.63) is 17.8 Å². The first-order chi connectivity index (χ1) is 8.62. The van der Waals surface area contributed by atoms with E-state index in [9.17, 15) is 4.79 Å². The Hall–Kier alpha value is -1.69. The molecule has 0 aromatic carbocycles. The molecule has 0 unspecified atom stereocenters. The monoisotopic (exact) mass is 248 g/mol. The third-order valence-electron chi connectivity index (χ3n) is 3.98. The minimum Gasteiger partial charge on any atom is -0.396 e. The molecule has 1 aromatic heterocycles. The van der Waals surface area contributed by atoms with Crippen molar-refractivity contribution in [2.75, 3.05) is 24.6 Å². The zero-order valence-corrected chi connectivity index (χ0v) is 10.0. The van der Waals surface area contributed by atoms with Gasteiger partial charge in [0, 0.05) is 25.1 Å². The molecule has 2 fully saturated rings. The van der Waals surface area contributed by atoms with Gasteiger partial charge in [0.05, 0.1) is 0 Å². The van der Waals surface area contributed by atoms with Crippen molar-refractivity contribution in [3.8, 4) is 0 Å². The number of nitrogens with zero attached hydrogens (tertiary/aromatic N) is 3. The summed E-state index contributed by atoms with van der Waals surface area (Å²) in [7, 11) is 0. The van der Waals surface area contributed by atoms with Crippen LogP contribution in [0.25, 0.3) is 0 Å². The molecule has 1 amide bonds. The highest BCUT2D eigenvalue weighted by atomic mass is 16.3. The lowest BCUT2D eigenvalue weighted by atomic mass is 9.58. The van der Waals surface area contributed by atoms with E-state index in [0.29, 0.717) is 17.9 Å². The van der Waals surface area contributed by atoms with Gasteiger partial charge in [-0.15, -0.1) is 10.2 Å². The van der Waals surface area contributed by atoms with Gasteiger partial charge in [0.25, 0.3) is 5.91 Å². The summed E-state index contributed by atoms with van der Waals surface area (Å²) >= 11 is 0. The van der Waals surface area contributed by atoms with Crippen molar-refractivity contribution in [2.24, 2.45) is 17.1 Å². The Kier molecular flexibility index (Phi) is 2.48. The quantitative estimate of drug-likeness (QED) is 0.771. The third-order valence-corrected chi connectivity index (χ3v) is 3.98. The molecule has 96 valence electrons. The van der Waals surface area contributed by atoms with Crippen LogP contribution in [0.15, 0.2) is 12.1 Å². The lowest BCUT2D eigenvalue weighted by Crippen LogP contribution is -2.63. The maximum Gasteiger partial charge on any atom is 0.269 e. The summed E-state index contributed by atoms with van der Waals surface area (Å²) in [6, 6.07) is 3.38. The van der Waals surface area contributed by atoms with Gasteiger partial charge in [0.1, 0.15) is 0 Å². The molecule has 3 N–H and O–H groups in total. The van der Waals surface area contributed by atoms with Crippen LogP contribution in [0.5, 0.6) is 0 Å². The molecule has 1 aromatic rings. The van der Waals surface area contributed by atoms with E-state index in [4.69, 9.17) is 10.8 Å². The number of hydrogen-bond donors (Lipinski definition) is 2. The first-order valence-electron chi connectivity index (χ1n) is 6.11. The Morgan fingerprint density at radius 2 is 2.17 bits per heavy atom. The van der Waals surface area contributed by atoms with Gasteiger partial charge < -0.3 is 15.7 Å². The molecule has 1 aliphatic heterocycles. The van der Waals surface area contributed by atoms with Crippen molar-refractivity contribution < 1.29 is 9.90 Å². The predicted octanol–water partition coefficient (Wildman–Crippen LogP) is -0.216. The zero-order valence-electron chi connectivity index (χ0n) is 10.0. The standard InChI is InChI=1S/C12H16N4O2/c13-11(18)9-1-2-10(15-14-9)16-6-12(7-16)3-8(4-12)5-17/h1-2,8,17H,3-7H2,(H2,13,18). The normalized spacial score (nSPS) is 21.5. The molecule has 1 spiro atoms. The topological polar surface area (TPSA) is 92.3 Å². The Bertz CT molecular complexity index is 459. The summed E-state index contributed by atoms with van der Waals surface area (Å²) in [6.07, 6.45) is 2.21. The van der Waals surface area contributed by atoms with Crippen LogP contribution in [-0.2, 0) is 0 Å². The van der Waals surface area contributed by atoms with Crippen molar-refractivity contribution in [1.82, 2.24) is 10.2 Å². The molecule has 1 aliphatic carbocycles. The summed E-state index contributed by atoms with van der Waals surface area (Å²) in [6.45, 7) is 2.23. The van der Waals surface area contributed by atoms with Gasteiger partial charge in [0.2, 0.25) is 0 Å². The van der Waals surface area contributed by atoms with Gasteiger partial charge in [-0.1, -0.05) is 0 Å². The van der Waals surface area contributed by atoms with Crippen molar-refractivity contribution in [3.63, 3.8) is 0 Å². The summed E-state index contributed by atoms with van der Waals surface area (Å²) in [5, 5.41) is 16.8. The Morgan fingerprint density at radius 3 is 2.67 bits per heavy atom. The summed E-state index contributed by atoms with van der Waals surface area (Å²) in [5.41, 5.74) is 5.69. The molecular weight excluding hydrogens is 232 g/mol. The Balaban J connectivity index is 1.60. The van der Waals surface area contributed by atoms with Crippen LogP contribution >= 0.6 is 0 Å². The number of aliphatic hydroxyl groups excluding tert-OH is 1. The molecule has 2 aliphatic rings. The molecule has 6 nitrogen and oxygen atoms in total. The molecule has 0 radical (unpaired) electrons. The SMILES string of the molecule is NC(=O)c1ccc(N2CC3(CC(CO)C3)C2)nn1. The van der Waals surface area contributed by atoms with E-state index in [1.807, 2.05) is 0 Å². The number of aromatic nitrogens is 2. The number of primary amides is 1. The van der Waals surface area contributed by atoms with E-state index < -0.39 is 5.91 Å². The van der Waals surface area contributed by atoms with E-state index in [1.54, 1.807) is 12.1 Å². The van der Waals surface area contributed by atoms with Gasteiger partial charge in [-0.05, 0) is 30.9 Å². The highest BCUT2D eigenvalue weighted by molar-refractivity contribution is 5.90. The van der Waals surface area contributed by atoms with E-state index in [2.05, 4.69) is 15.1 Å². The minimum absolute atomic E-state index is 0.193. The Morgan fingerprint density at radius 1 is 1.44 bits per heavy atom. The third kappa shape index (κ3) is 1.73. The van der Waals surface area contributed by atoms with Crippen LogP contribution in [0, 0.1) is 11.3 Å². The van der Waals surface area contributed by atoms with Gasteiger partial charge in [-0.2, -0.15) is 0 Å². The van der Waals surface area contributed by atoms with Gasteiger partial charge in [0.15, 0.2) is 11.5 Å². The lowest BCUT2D eigenvalue weighted by molar-refractivity contribution is -0.00689. The van der Waals surface area contributed by atoms with Crippen LogP contribution in [-0.4, -0.2) is 40.9 Å². The van der Waals surface area contributed by atoms with Gasteiger partial charge in [-0.3, -0.25) is 4.79 Å². The molecule has 18 heavy (non-hydrogen) atoms. The molecule has 0 atom stereocenters. The summed E-state index contributed by atoms with van der Waals surface area (Å²) < 4.78 is 0. The van der Waals surface area contributed by atoms with Crippen molar-refractivity contribution >= 4 is 11.7 Å². The highest BCUT2D eigenvalue weighted by Gasteiger charge is 2.52. The largest absolute Gasteiger partial charge is 0.396 e. The van der Waals surface area contributed by atoms with Crippen LogP contribution in [0.1, 0.15) is 23.3 Å². The van der Waals surface area contributed by atoms with Gasteiger partial charge in [-0.25, -0.2) is 0 Å². The minimum atomic E-state index is -0.557. The van der Waals surface area contributed by atoms with Crippen LogP contribution < -0.4 is 10.6 Å². The number of hydrogen-bond acceptors (Lipinski definition) is 5. The maximum absolute atomic E-state index is 10.9. The van der Waals surface area contributed by atoms with E-state index in [1.165, 1.54) is 0 Å². The number of aliphatic hydroxyl groups is 1. The molecule has 2 heterocycles. The molecule has 3 rings (SSSR count). The molecule has 1 saturated carbocycles. The van der Waals surface area contributed by atoms with E-state index in [0.717, 1.165) is 31.7 Å². The van der Waals surface area contributed by atoms with Crippen molar-refractivity contribution in [1.29, 1.82) is 0 Å². The first-order valence-corrected chi connectivity index (χ1v) is 6.11. The summed E-state index contributed by atoms with van der Waals surface area (Å²) in [4.78, 5) is 13.0. The number of carbonyl (C=O) groups excluding carboxylic acids is 1. The molecule has 0 bridgehead atoms. The first kappa shape index (κ1) is 11.4. The van der Waals surface area contributed by atoms with Crippen LogP contribution in [0.2, 0.25) is 0 Å². The number of rotatable bonds is 3. The zero-order chi connectivity index (χ0) is 12.8. The molecular formula is C12H16N4O2. The van der Waals surface area contributed by atoms with Crippen molar-refractivity contribution in [2.45, 2.75) is 12.8 Å². The fourth-order valence-electron chi connectivity index (χ4n) is 3.10. The average molecular weight is 248 g/mol. The van der Waals surface area contributed by atoms with Crippen LogP contribution in [0.3, 0.4) is 0 Å². The molecule has 1 saturated heterocycles. The maximum atomic E-state index is 10.9. The Labute approximate surface area is 105 Å². The second-order valence-corrected chi connectivity index (χ2v) is 5.45. The van der Waals surface area contributed by atoms with E-state index in [-0.39, 0.29) is 5.69 Å². The lowest BCUT2D eigenvalue weighted by Gasteiger charge is -2.59.